The number of thiophene rings is 1. The van der Waals surface area contributed by atoms with Gasteiger partial charge in [0.05, 0.1) is 7.11 Å². The molecule has 0 aliphatic rings. The molecule has 4 nitrogen and oxygen atoms in total. The van der Waals surface area contributed by atoms with E-state index < -0.39 is 5.97 Å². The predicted molar refractivity (Wildman–Crippen MR) is 60.5 cm³/mol. The van der Waals surface area contributed by atoms with Crippen molar-refractivity contribution < 1.29 is 9.53 Å². The first-order valence-electron chi connectivity index (χ1n) is 4.71. The summed E-state index contributed by atoms with van der Waals surface area (Å²) >= 11 is 1.66. The second kappa shape index (κ2) is 4.85. The van der Waals surface area contributed by atoms with E-state index in [4.69, 9.17) is 0 Å². The van der Waals surface area contributed by atoms with Gasteiger partial charge in [-0.15, -0.1) is 11.3 Å². The predicted octanol–water partition coefficient (Wildman–Crippen LogP) is 1.92. The Bertz CT molecular complexity index is 482. The van der Waals surface area contributed by atoms with Crippen molar-refractivity contribution >= 4 is 17.3 Å². The summed E-state index contributed by atoms with van der Waals surface area (Å²) in [7, 11) is 1.34. The van der Waals surface area contributed by atoms with Crippen LogP contribution in [0.2, 0.25) is 0 Å². The van der Waals surface area contributed by atoms with Gasteiger partial charge < -0.3 is 4.74 Å². The van der Waals surface area contributed by atoms with Crippen molar-refractivity contribution in [3.05, 3.63) is 46.2 Å². The highest BCUT2D eigenvalue weighted by atomic mass is 32.1. The quantitative estimate of drug-likeness (QED) is 0.761. The second-order valence-corrected chi connectivity index (χ2v) is 4.17. The molecular formula is C11H10N2O2S. The zero-order valence-electron chi connectivity index (χ0n) is 8.71. The van der Waals surface area contributed by atoms with Crippen LogP contribution in [0.5, 0.6) is 0 Å². The number of rotatable bonds is 3. The lowest BCUT2D eigenvalue weighted by atomic mass is 10.2. The Morgan fingerprint density at radius 2 is 2.38 bits per heavy atom. The van der Waals surface area contributed by atoms with Crippen molar-refractivity contribution in [2.75, 3.05) is 7.11 Å². The zero-order valence-corrected chi connectivity index (χ0v) is 9.53. The highest BCUT2D eigenvalue weighted by Gasteiger charge is 2.08. The zero-order chi connectivity index (χ0) is 11.4. The fourth-order valence-corrected chi connectivity index (χ4v) is 2.02. The lowest BCUT2D eigenvalue weighted by Crippen LogP contribution is -2.06. The van der Waals surface area contributed by atoms with Gasteiger partial charge in [0.15, 0.2) is 5.69 Å². The minimum atomic E-state index is -0.435. The van der Waals surface area contributed by atoms with Crippen LogP contribution in [0.4, 0.5) is 0 Å². The van der Waals surface area contributed by atoms with E-state index >= 15 is 0 Å². The molecule has 2 rings (SSSR count). The Morgan fingerprint density at radius 3 is 3.06 bits per heavy atom. The third-order valence-electron chi connectivity index (χ3n) is 2.05. The first-order chi connectivity index (χ1) is 7.79. The van der Waals surface area contributed by atoms with E-state index in [0.29, 0.717) is 12.1 Å². The fraction of sp³-hybridized carbons (Fsp3) is 0.182. The largest absolute Gasteiger partial charge is 0.464 e. The van der Waals surface area contributed by atoms with Gasteiger partial charge in [0, 0.05) is 17.0 Å². The molecule has 0 bridgehead atoms. The summed E-state index contributed by atoms with van der Waals surface area (Å²) in [6.07, 6.45) is 2.10. The minimum Gasteiger partial charge on any atom is -0.464 e. The highest BCUT2D eigenvalue weighted by molar-refractivity contribution is 7.09. The summed E-state index contributed by atoms with van der Waals surface area (Å²) in [6.45, 7) is 0. The number of hydrogen-bond donors (Lipinski definition) is 0. The van der Waals surface area contributed by atoms with E-state index in [2.05, 4.69) is 14.7 Å². The van der Waals surface area contributed by atoms with Crippen LogP contribution in [-0.2, 0) is 11.2 Å². The molecule has 0 amide bonds. The third kappa shape index (κ3) is 2.43. The van der Waals surface area contributed by atoms with Crippen LogP contribution in [0.3, 0.4) is 0 Å². The van der Waals surface area contributed by atoms with E-state index in [1.807, 2.05) is 17.5 Å². The molecular weight excluding hydrogens is 224 g/mol. The van der Waals surface area contributed by atoms with Gasteiger partial charge in [0.2, 0.25) is 0 Å². The van der Waals surface area contributed by atoms with Crippen LogP contribution < -0.4 is 0 Å². The van der Waals surface area contributed by atoms with Crippen molar-refractivity contribution in [3.63, 3.8) is 0 Å². The van der Waals surface area contributed by atoms with E-state index in [9.17, 15) is 4.79 Å². The molecule has 2 aromatic rings. The van der Waals surface area contributed by atoms with Gasteiger partial charge in [0.25, 0.3) is 0 Å². The molecule has 2 heterocycles. The lowest BCUT2D eigenvalue weighted by Gasteiger charge is -2.00. The smallest absolute Gasteiger partial charge is 0.356 e. The Kier molecular flexibility index (Phi) is 3.26. The maximum Gasteiger partial charge on any atom is 0.356 e. The Morgan fingerprint density at radius 1 is 1.50 bits per heavy atom. The number of esters is 1. The van der Waals surface area contributed by atoms with Gasteiger partial charge >= 0.3 is 5.97 Å². The maximum atomic E-state index is 11.3. The van der Waals surface area contributed by atoms with Gasteiger partial charge in [-0.05, 0) is 17.5 Å². The van der Waals surface area contributed by atoms with Crippen LogP contribution in [-0.4, -0.2) is 23.0 Å². The molecule has 5 heteroatoms. The normalized spacial score (nSPS) is 10.1. The van der Waals surface area contributed by atoms with E-state index in [-0.39, 0.29) is 0 Å². The van der Waals surface area contributed by atoms with Crippen molar-refractivity contribution in [3.8, 4) is 0 Å². The summed E-state index contributed by atoms with van der Waals surface area (Å²) in [4.78, 5) is 20.4. The van der Waals surface area contributed by atoms with Crippen LogP contribution in [0, 0.1) is 0 Å². The molecule has 0 unspecified atom stereocenters. The maximum absolute atomic E-state index is 11.3. The van der Waals surface area contributed by atoms with Crippen LogP contribution >= 0.6 is 11.3 Å². The number of carbonyl (C=O) groups is 1. The van der Waals surface area contributed by atoms with E-state index in [0.717, 1.165) is 5.69 Å². The number of aromatic nitrogens is 2. The SMILES string of the molecule is COC(=O)c1cc(Cc2cccs2)ncn1. The van der Waals surface area contributed by atoms with Crippen molar-refractivity contribution in [2.45, 2.75) is 6.42 Å². The van der Waals surface area contributed by atoms with Gasteiger partial charge in [-0.3, -0.25) is 0 Å². The molecule has 0 saturated heterocycles. The Balaban J connectivity index is 2.19. The highest BCUT2D eigenvalue weighted by Crippen LogP contribution is 2.13. The average Bonchev–Trinajstić information content (AvgIpc) is 2.81. The van der Waals surface area contributed by atoms with E-state index in [1.54, 1.807) is 17.4 Å². The molecule has 0 N–H and O–H groups in total. The molecule has 0 fully saturated rings. The Hall–Kier alpha value is -1.75. The first-order valence-corrected chi connectivity index (χ1v) is 5.59. The molecule has 0 atom stereocenters. The van der Waals surface area contributed by atoms with Crippen LogP contribution in [0.1, 0.15) is 21.1 Å². The number of ether oxygens (including phenoxy) is 1. The summed E-state index contributed by atoms with van der Waals surface area (Å²) in [5.74, 6) is -0.435. The molecule has 0 spiro atoms. The van der Waals surface area contributed by atoms with Crippen molar-refractivity contribution in [2.24, 2.45) is 0 Å². The lowest BCUT2D eigenvalue weighted by molar-refractivity contribution is 0.0593. The summed E-state index contributed by atoms with van der Waals surface area (Å²) in [6, 6.07) is 5.68. The van der Waals surface area contributed by atoms with Gasteiger partial charge in [0.1, 0.15) is 6.33 Å². The number of hydrogen-bond acceptors (Lipinski definition) is 5. The van der Waals surface area contributed by atoms with Gasteiger partial charge in [-0.2, -0.15) is 0 Å². The number of methoxy groups -OCH3 is 1. The molecule has 0 aliphatic carbocycles. The molecule has 82 valence electrons. The summed E-state index contributed by atoms with van der Waals surface area (Å²) in [5, 5.41) is 2.01. The molecule has 2 aromatic heterocycles. The first kappa shape index (κ1) is 10.8. The monoisotopic (exact) mass is 234 g/mol. The fourth-order valence-electron chi connectivity index (χ4n) is 1.30. The topological polar surface area (TPSA) is 52.1 Å². The molecule has 0 aliphatic heterocycles. The molecule has 0 aromatic carbocycles. The number of nitrogens with zero attached hydrogens (tertiary/aromatic N) is 2. The standard InChI is InChI=1S/C11H10N2O2S/c1-15-11(14)10-6-8(12-7-13-10)5-9-3-2-4-16-9/h2-4,6-7H,5H2,1H3. The van der Waals surface area contributed by atoms with Crippen molar-refractivity contribution in [1.82, 2.24) is 9.97 Å². The average molecular weight is 234 g/mol. The van der Waals surface area contributed by atoms with E-state index in [1.165, 1.54) is 18.3 Å². The van der Waals surface area contributed by atoms with Gasteiger partial charge in [-0.1, -0.05) is 6.07 Å². The minimum absolute atomic E-state index is 0.295. The third-order valence-corrected chi connectivity index (χ3v) is 2.93. The Labute approximate surface area is 96.9 Å². The number of carbonyl (C=O) groups excluding carboxylic acids is 1. The van der Waals surface area contributed by atoms with Gasteiger partial charge in [-0.25, -0.2) is 14.8 Å². The van der Waals surface area contributed by atoms with Crippen LogP contribution in [0.25, 0.3) is 0 Å². The molecule has 16 heavy (non-hydrogen) atoms. The molecule has 0 saturated carbocycles. The van der Waals surface area contributed by atoms with Crippen LogP contribution in [0.15, 0.2) is 29.9 Å². The summed E-state index contributed by atoms with van der Waals surface area (Å²) in [5.41, 5.74) is 1.11. The second-order valence-electron chi connectivity index (χ2n) is 3.14. The van der Waals surface area contributed by atoms with Crippen molar-refractivity contribution in [1.29, 1.82) is 0 Å². The molecule has 0 radical (unpaired) electrons. The summed E-state index contributed by atoms with van der Waals surface area (Å²) < 4.78 is 4.60.